The predicted molar refractivity (Wildman–Crippen MR) is 104 cm³/mol. The summed E-state index contributed by atoms with van der Waals surface area (Å²) in [6.45, 7) is 2.51. The third kappa shape index (κ3) is 4.67. The summed E-state index contributed by atoms with van der Waals surface area (Å²) in [5.74, 6) is 0.312. The molecule has 2 atom stereocenters. The molecule has 11 nitrogen and oxygen atoms in total. The Bertz CT molecular complexity index is 838. The van der Waals surface area contributed by atoms with Gasteiger partial charge in [0.25, 0.3) is 0 Å². The SMILES string of the molecule is C[C@@]1(O)CCC[C@H]1Nc1nc(NC2CCN(S(C)(=O)=O)CC2)ncc1[N+](=O)[O-]. The topological polar surface area (TPSA) is 151 Å². The second kappa shape index (κ2) is 7.76. The fourth-order valence-corrected chi connectivity index (χ4v) is 4.62. The fourth-order valence-electron chi connectivity index (χ4n) is 3.74. The number of nitrogens with zero attached hydrogens (tertiary/aromatic N) is 4. The van der Waals surface area contributed by atoms with E-state index in [1.807, 2.05) is 0 Å². The molecule has 0 amide bonds. The van der Waals surface area contributed by atoms with E-state index in [9.17, 15) is 23.6 Å². The Labute approximate surface area is 163 Å². The molecule has 3 rings (SSSR count). The largest absolute Gasteiger partial charge is 0.388 e. The minimum absolute atomic E-state index is 0.0260. The average molecular weight is 414 g/mol. The molecular formula is C16H26N6O5S. The lowest BCUT2D eigenvalue weighted by atomic mass is 10.0. The van der Waals surface area contributed by atoms with E-state index < -0.39 is 20.5 Å². The summed E-state index contributed by atoms with van der Waals surface area (Å²) >= 11 is 0. The van der Waals surface area contributed by atoms with Gasteiger partial charge in [0.15, 0.2) is 0 Å². The molecule has 1 saturated heterocycles. The maximum Gasteiger partial charge on any atom is 0.329 e. The molecule has 28 heavy (non-hydrogen) atoms. The van der Waals surface area contributed by atoms with E-state index in [0.717, 1.165) is 12.6 Å². The highest BCUT2D eigenvalue weighted by molar-refractivity contribution is 7.88. The van der Waals surface area contributed by atoms with Crippen molar-refractivity contribution in [3.8, 4) is 0 Å². The van der Waals surface area contributed by atoms with Crippen molar-refractivity contribution in [3.63, 3.8) is 0 Å². The zero-order valence-electron chi connectivity index (χ0n) is 16.0. The Morgan fingerprint density at radius 1 is 1.32 bits per heavy atom. The van der Waals surface area contributed by atoms with Gasteiger partial charge in [-0.05, 0) is 39.0 Å². The number of anilines is 2. The number of aromatic nitrogens is 2. The van der Waals surface area contributed by atoms with Gasteiger partial charge in [-0.15, -0.1) is 0 Å². The Morgan fingerprint density at radius 2 is 2.00 bits per heavy atom. The number of nitro groups is 1. The summed E-state index contributed by atoms with van der Waals surface area (Å²) in [6.07, 6.45) is 5.66. The Balaban J connectivity index is 1.72. The van der Waals surface area contributed by atoms with E-state index in [-0.39, 0.29) is 29.5 Å². The summed E-state index contributed by atoms with van der Waals surface area (Å²) in [4.78, 5) is 19.1. The minimum atomic E-state index is -3.20. The highest BCUT2D eigenvalue weighted by Crippen LogP contribution is 2.34. The number of hydrogen-bond acceptors (Lipinski definition) is 9. The summed E-state index contributed by atoms with van der Waals surface area (Å²) in [5, 5.41) is 27.9. The van der Waals surface area contributed by atoms with Crippen molar-refractivity contribution in [2.75, 3.05) is 30.0 Å². The van der Waals surface area contributed by atoms with E-state index in [0.29, 0.717) is 38.8 Å². The van der Waals surface area contributed by atoms with Gasteiger partial charge < -0.3 is 15.7 Å². The van der Waals surface area contributed by atoms with Gasteiger partial charge in [0, 0.05) is 19.1 Å². The second-order valence-corrected chi connectivity index (χ2v) is 9.69. The van der Waals surface area contributed by atoms with Crippen LogP contribution in [0.15, 0.2) is 6.20 Å². The maximum atomic E-state index is 11.6. The third-order valence-electron chi connectivity index (χ3n) is 5.46. The first kappa shape index (κ1) is 20.7. The summed E-state index contributed by atoms with van der Waals surface area (Å²) < 4.78 is 24.6. The minimum Gasteiger partial charge on any atom is -0.388 e. The highest BCUT2D eigenvalue weighted by atomic mass is 32.2. The van der Waals surface area contributed by atoms with Gasteiger partial charge >= 0.3 is 5.69 Å². The van der Waals surface area contributed by atoms with Crippen LogP contribution in [-0.2, 0) is 10.0 Å². The van der Waals surface area contributed by atoms with Gasteiger partial charge in [-0.2, -0.15) is 4.98 Å². The van der Waals surface area contributed by atoms with Gasteiger partial charge in [0.05, 0.1) is 22.8 Å². The number of nitrogens with one attached hydrogen (secondary N) is 2. The van der Waals surface area contributed by atoms with Crippen LogP contribution in [0.4, 0.5) is 17.5 Å². The monoisotopic (exact) mass is 414 g/mol. The molecule has 0 bridgehead atoms. The van der Waals surface area contributed by atoms with E-state index in [2.05, 4.69) is 20.6 Å². The number of sulfonamides is 1. The summed E-state index contributed by atoms with van der Waals surface area (Å²) in [7, 11) is -3.20. The Hall–Kier alpha value is -2.05. The summed E-state index contributed by atoms with van der Waals surface area (Å²) in [5.41, 5.74) is -1.20. The van der Waals surface area contributed by atoms with Crippen molar-refractivity contribution < 1.29 is 18.4 Å². The number of hydrogen-bond donors (Lipinski definition) is 3. The van der Waals surface area contributed by atoms with Crippen molar-refractivity contribution in [1.82, 2.24) is 14.3 Å². The molecular weight excluding hydrogens is 388 g/mol. The fraction of sp³-hybridized carbons (Fsp3) is 0.750. The lowest BCUT2D eigenvalue weighted by Crippen LogP contribution is -2.42. The lowest BCUT2D eigenvalue weighted by molar-refractivity contribution is -0.384. The molecule has 3 N–H and O–H groups in total. The van der Waals surface area contributed by atoms with Crippen LogP contribution in [0.5, 0.6) is 0 Å². The molecule has 1 aliphatic heterocycles. The maximum absolute atomic E-state index is 11.6. The van der Waals surface area contributed by atoms with Crippen molar-refractivity contribution in [2.45, 2.75) is 56.7 Å². The second-order valence-electron chi connectivity index (χ2n) is 7.71. The van der Waals surface area contributed by atoms with Gasteiger partial charge in [0.1, 0.15) is 6.20 Å². The van der Waals surface area contributed by atoms with Crippen LogP contribution in [0, 0.1) is 10.1 Å². The van der Waals surface area contributed by atoms with Gasteiger partial charge in [-0.3, -0.25) is 10.1 Å². The van der Waals surface area contributed by atoms with Crippen LogP contribution in [0.3, 0.4) is 0 Å². The van der Waals surface area contributed by atoms with Crippen LogP contribution in [0.1, 0.15) is 39.0 Å². The van der Waals surface area contributed by atoms with E-state index >= 15 is 0 Å². The molecule has 0 radical (unpaired) electrons. The molecule has 156 valence electrons. The first-order chi connectivity index (χ1) is 13.1. The molecule has 0 aromatic carbocycles. The van der Waals surface area contributed by atoms with Crippen molar-refractivity contribution in [1.29, 1.82) is 0 Å². The quantitative estimate of drug-likeness (QED) is 0.456. The number of piperidine rings is 1. The first-order valence-corrected chi connectivity index (χ1v) is 11.1. The average Bonchev–Trinajstić information content (AvgIpc) is 2.93. The van der Waals surface area contributed by atoms with Gasteiger partial charge in [0.2, 0.25) is 21.8 Å². The third-order valence-corrected chi connectivity index (χ3v) is 6.76. The molecule has 2 fully saturated rings. The molecule has 2 aliphatic rings. The number of rotatable bonds is 6. The van der Waals surface area contributed by atoms with Gasteiger partial charge in [-0.1, -0.05) is 0 Å². The molecule has 0 unspecified atom stereocenters. The van der Waals surface area contributed by atoms with Crippen LogP contribution < -0.4 is 10.6 Å². The number of aliphatic hydroxyl groups is 1. The van der Waals surface area contributed by atoms with E-state index in [1.165, 1.54) is 10.6 Å². The zero-order chi connectivity index (χ0) is 20.5. The standard InChI is InChI=1S/C16H26N6O5S/c1-16(23)7-3-4-13(16)19-14-12(22(24)25)10-17-15(20-14)18-11-5-8-21(9-6-11)28(2,26)27/h10-11,13,23H,3-9H2,1-2H3,(H2,17,18,19,20)/t13-,16-/m1/s1. The van der Waals surface area contributed by atoms with Crippen molar-refractivity contribution in [3.05, 3.63) is 16.3 Å². The molecule has 1 aromatic rings. The molecule has 0 spiro atoms. The zero-order valence-corrected chi connectivity index (χ0v) is 16.8. The van der Waals surface area contributed by atoms with Gasteiger partial charge in [-0.25, -0.2) is 17.7 Å². The summed E-state index contributed by atoms with van der Waals surface area (Å²) in [6, 6.07) is -0.353. The van der Waals surface area contributed by atoms with Crippen molar-refractivity contribution in [2.24, 2.45) is 0 Å². The molecule has 1 aliphatic carbocycles. The molecule has 1 saturated carbocycles. The van der Waals surface area contributed by atoms with Crippen LogP contribution in [-0.4, -0.2) is 69.8 Å². The van der Waals surface area contributed by atoms with Crippen LogP contribution in [0.25, 0.3) is 0 Å². The highest BCUT2D eigenvalue weighted by Gasteiger charge is 2.38. The normalized spacial score (nSPS) is 26.9. The Kier molecular flexibility index (Phi) is 5.73. The first-order valence-electron chi connectivity index (χ1n) is 9.28. The van der Waals surface area contributed by atoms with Crippen LogP contribution >= 0.6 is 0 Å². The smallest absolute Gasteiger partial charge is 0.329 e. The lowest BCUT2D eigenvalue weighted by Gasteiger charge is -2.30. The van der Waals surface area contributed by atoms with Crippen molar-refractivity contribution >= 4 is 27.5 Å². The predicted octanol–water partition coefficient (Wildman–Crippen LogP) is 0.936. The van der Waals surface area contributed by atoms with E-state index in [4.69, 9.17) is 0 Å². The molecule has 2 heterocycles. The molecule has 1 aromatic heterocycles. The Morgan fingerprint density at radius 3 is 2.54 bits per heavy atom. The van der Waals surface area contributed by atoms with Crippen LogP contribution in [0.2, 0.25) is 0 Å². The van der Waals surface area contributed by atoms with E-state index in [1.54, 1.807) is 6.92 Å². The molecule has 12 heteroatoms.